The fourth-order valence-electron chi connectivity index (χ4n) is 2.43. The molecule has 0 amide bonds. The lowest BCUT2D eigenvalue weighted by Gasteiger charge is -2.04. The van der Waals surface area contributed by atoms with Gasteiger partial charge in [-0.15, -0.1) is 11.8 Å². The van der Waals surface area contributed by atoms with Crippen molar-refractivity contribution >= 4 is 38.6 Å². The van der Waals surface area contributed by atoms with Gasteiger partial charge < -0.3 is 4.98 Å². The van der Waals surface area contributed by atoms with Gasteiger partial charge in [0, 0.05) is 23.2 Å². The molecule has 0 saturated carbocycles. The Bertz CT molecular complexity index is 727. The minimum absolute atomic E-state index is 0.904. The molecule has 0 spiro atoms. The van der Waals surface area contributed by atoms with Crippen LogP contribution in [-0.2, 0) is 18.7 Å². The molecule has 1 N–H and O–H groups in total. The second-order valence-electron chi connectivity index (χ2n) is 4.89. The van der Waals surface area contributed by atoms with Crippen molar-refractivity contribution in [3.8, 4) is 0 Å². The highest BCUT2D eigenvalue weighted by Crippen LogP contribution is 2.30. The summed E-state index contributed by atoms with van der Waals surface area (Å²) in [6.07, 6.45) is 0.956. The summed E-state index contributed by atoms with van der Waals surface area (Å²) in [6.45, 7) is 5.18. The molecule has 0 unspecified atom stereocenters. The topological polar surface area (TPSA) is 33.6 Å². The van der Waals surface area contributed by atoms with Crippen LogP contribution in [0.25, 0.3) is 10.9 Å². The van der Waals surface area contributed by atoms with Crippen LogP contribution in [0.15, 0.2) is 39.8 Å². The summed E-state index contributed by atoms with van der Waals surface area (Å²) in [7, 11) is 0. The molecule has 3 rings (SSSR count). The van der Waals surface area contributed by atoms with Crippen molar-refractivity contribution in [1.82, 2.24) is 14.8 Å². The summed E-state index contributed by atoms with van der Waals surface area (Å²) >= 11 is 5.52. The molecule has 21 heavy (non-hydrogen) atoms. The van der Waals surface area contributed by atoms with Crippen molar-refractivity contribution in [1.29, 1.82) is 0 Å². The fourth-order valence-corrected chi connectivity index (χ4v) is 4.29. The van der Waals surface area contributed by atoms with E-state index in [1.54, 1.807) is 0 Å². The molecular formula is C16H18BrN3S. The van der Waals surface area contributed by atoms with E-state index >= 15 is 0 Å². The fraction of sp³-hybridized carbons (Fsp3) is 0.312. The van der Waals surface area contributed by atoms with Crippen LogP contribution in [0.5, 0.6) is 0 Å². The SMILES string of the molecule is CCc1nn(CC)c(CSc2cc3ccccc3[nH]2)c1Br. The number of rotatable bonds is 5. The van der Waals surface area contributed by atoms with E-state index in [0.717, 1.165) is 28.9 Å². The van der Waals surface area contributed by atoms with Crippen molar-refractivity contribution in [3.05, 3.63) is 46.2 Å². The van der Waals surface area contributed by atoms with Crippen LogP contribution in [0.4, 0.5) is 0 Å². The Morgan fingerprint density at radius 2 is 2.10 bits per heavy atom. The third kappa shape index (κ3) is 2.90. The standard InChI is InChI=1S/C16H18BrN3S/c1-3-12-16(17)14(20(4-2)19-12)10-21-15-9-11-7-5-6-8-13(11)18-15/h5-9,18H,3-4,10H2,1-2H3. The maximum atomic E-state index is 4.65. The Balaban J connectivity index is 1.82. The molecule has 1 aromatic carbocycles. The van der Waals surface area contributed by atoms with E-state index in [9.17, 15) is 0 Å². The Hall–Kier alpha value is -1.20. The quantitative estimate of drug-likeness (QED) is 0.647. The Labute approximate surface area is 137 Å². The van der Waals surface area contributed by atoms with Crippen molar-refractivity contribution in [2.75, 3.05) is 0 Å². The third-order valence-electron chi connectivity index (χ3n) is 3.56. The molecule has 2 heterocycles. The minimum Gasteiger partial charge on any atom is -0.350 e. The number of halogens is 1. The highest BCUT2D eigenvalue weighted by Gasteiger charge is 2.14. The van der Waals surface area contributed by atoms with Crippen LogP contribution in [0, 0.1) is 0 Å². The van der Waals surface area contributed by atoms with E-state index in [1.165, 1.54) is 21.6 Å². The average molecular weight is 364 g/mol. The van der Waals surface area contributed by atoms with E-state index in [2.05, 4.69) is 74.9 Å². The molecule has 0 aliphatic carbocycles. The van der Waals surface area contributed by atoms with E-state index < -0.39 is 0 Å². The first-order chi connectivity index (χ1) is 10.2. The molecule has 2 aromatic heterocycles. The summed E-state index contributed by atoms with van der Waals surface area (Å²) in [6, 6.07) is 10.6. The largest absolute Gasteiger partial charge is 0.350 e. The van der Waals surface area contributed by atoms with Gasteiger partial charge in [-0.25, -0.2) is 0 Å². The highest BCUT2D eigenvalue weighted by atomic mass is 79.9. The van der Waals surface area contributed by atoms with E-state index in [1.807, 2.05) is 11.8 Å². The van der Waals surface area contributed by atoms with Gasteiger partial charge in [-0.3, -0.25) is 4.68 Å². The summed E-state index contributed by atoms with van der Waals surface area (Å²) in [5.41, 5.74) is 3.60. The van der Waals surface area contributed by atoms with Gasteiger partial charge in [0.1, 0.15) is 0 Å². The molecule has 0 fully saturated rings. The van der Waals surface area contributed by atoms with Gasteiger partial charge >= 0.3 is 0 Å². The molecule has 3 aromatic rings. The molecule has 5 heteroatoms. The molecule has 0 aliphatic rings. The average Bonchev–Trinajstić information content (AvgIpc) is 3.05. The predicted molar refractivity (Wildman–Crippen MR) is 92.8 cm³/mol. The Kier molecular flexibility index (Phi) is 4.40. The van der Waals surface area contributed by atoms with Crippen molar-refractivity contribution in [2.24, 2.45) is 0 Å². The number of thioether (sulfide) groups is 1. The number of nitrogens with one attached hydrogen (secondary N) is 1. The number of aromatic amines is 1. The monoisotopic (exact) mass is 363 g/mol. The first-order valence-corrected chi connectivity index (χ1v) is 8.95. The van der Waals surface area contributed by atoms with Gasteiger partial charge in [0.05, 0.1) is 20.9 Å². The highest BCUT2D eigenvalue weighted by molar-refractivity contribution is 9.10. The first-order valence-electron chi connectivity index (χ1n) is 7.17. The van der Waals surface area contributed by atoms with Gasteiger partial charge in [-0.1, -0.05) is 25.1 Å². The Morgan fingerprint density at radius 3 is 2.81 bits per heavy atom. The maximum absolute atomic E-state index is 4.65. The molecule has 110 valence electrons. The zero-order valence-electron chi connectivity index (χ0n) is 12.2. The Morgan fingerprint density at radius 1 is 1.29 bits per heavy atom. The second-order valence-corrected chi connectivity index (χ2v) is 6.70. The smallest absolute Gasteiger partial charge is 0.0767 e. The predicted octanol–water partition coefficient (Wildman–Crippen LogP) is 5.00. The van der Waals surface area contributed by atoms with Gasteiger partial charge in [0.15, 0.2) is 0 Å². The lowest BCUT2D eigenvalue weighted by Crippen LogP contribution is -2.01. The number of aryl methyl sites for hydroxylation is 2. The van der Waals surface area contributed by atoms with Gasteiger partial charge in [0.25, 0.3) is 0 Å². The molecular weight excluding hydrogens is 346 g/mol. The van der Waals surface area contributed by atoms with Crippen LogP contribution in [0.3, 0.4) is 0 Å². The van der Waals surface area contributed by atoms with Crippen molar-refractivity contribution in [2.45, 2.75) is 37.6 Å². The normalized spacial score (nSPS) is 11.4. The molecule has 0 aliphatic heterocycles. The zero-order valence-corrected chi connectivity index (χ0v) is 14.6. The summed E-state index contributed by atoms with van der Waals surface area (Å²) in [4.78, 5) is 3.46. The van der Waals surface area contributed by atoms with Gasteiger partial charge in [0.2, 0.25) is 0 Å². The molecule has 3 nitrogen and oxygen atoms in total. The third-order valence-corrected chi connectivity index (χ3v) is 5.43. The molecule has 0 bridgehead atoms. The first kappa shape index (κ1) is 14.7. The van der Waals surface area contributed by atoms with Crippen LogP contribution < -0.4 is 0 Å². The van der Waals surface area contributed by atoms with Crippen LogP contribution in [0.1, 0.15) is 25.2 Å². The molecule has 0 saturated heterocycles. The number of nitrogens with zero attached hydrogens (tertiary/aromatic N) is 2. The van der Waals surface area contributed by atoms with E-state index in [4.69, 9.17) is 0 Å². The number of para-hydroxylation sites is 1. The number of hydrogen-bond acceptors (Lipinski definition) is 2. The summed E-state index contributed by atoms with van der Waals surface area (Å²) in [5.74, 6) is 0.911. The lowest BCUT2D eigenvalue weighted by molar-refractivity contribution is 0.627. The van der Waals surface area contributed by atoms with Gasteiger partial charge in [-0.05, 0) is 41.4 Å². The van der Waals surface area contributed by atoms with Crippen LogP contribution in [0.2, 0.25) is 0 Å². The number of benzene rings is 1. The molecule has 0 radical (unpaired) electrons. The minimum atomic E-state index is 0.904. The number of fused-ring (bicyclic) bond motifs is 1. The second kappa shape index (κ2) is 6.28. The van der Waals surface area contributed by atoms with E-state index in [-0.39, 0.29) is 0 Å². The van der Waals surface area contributed by atoms with Crippen molar-refractivity contribution < 1.29 is 0 Å². The number of aromatic nitrogens is 3. The van der Waals surface area contributed by atoms with E-state index in [0.29, 0.717) is 0 Å². The van der Waals surface area contributed by atoms with Crippen molar-refractivity contribution in [3.63, 3.8) is 0 Å². The number of H-pyrrole nitrogens is 1. The number of hydrogen-bond donors (Lipinski definition) is 1. The molecule has 0 atom stereocenters. The maximum Gasteiger partial charge on any atom is 0.0767 e. The zero-order chi connectivity index (χ0) is 14.8. The summed E-state index contributed by atoms with van der Waals surface area (Å²) < 4.78 is 3.26. The van der Waals surface area contributed by atoms with Crippen LogP contribution >= 0.6 is 27.7 Å². The lowest BCUT2D eigenvalue weighted by atomic mass is 10.3. The summed E-state index contributed by atoms with van der Waals surface area (Å²) in [5, 5.41) is 7.11. The van der Waals surface area contributed by atoms with Crippen LogP contribution in [-0.4, -0.2) is 14.8 Å². The van der Waals surface area contributed by atoms with Gasteiger partial charge in [-0.2, -0.15) is 5.10 Å².